The first-order valence-electron chi connectivity index (χ1n) is 11.4. The highest BCUT2D eigenvalue weighted by Gasteiger charge is 2.22. The third kappa shape index (κ3) is 5.96. The van der Waals surface area contributed by atoms with Gasteiger partial charge < -0.3 is 0 Å². The fourth-order valence-corrected chi connectivity index (χ4v) is 4.68. The van der Waals surface area contributed by atoms with Crippen LogP contribution in [0, 0.1) is 17.2 Å². The Morgan fingerprint density at radius 1 is 0.750 bits per heavy atom. The van der Waals surface area contributed by atoms with E-state index in [2.05, 4.69) is 37.3 Å². The summed E-state index contributed by atoms with van der Waals surface area (Å²) in [5.41, 5.74) is 4.66. The van der Waals surface area contributed by atoms with Crippen LogP contribution in [0.3, 0.4) is 0 Å². The van der Waals surface area contributed by atoms with Crippen molar-refractivity contribution < 1.29 is 0 Å². The maximum absolute atomic E-state index is 8.94. The number of hydrogen-bond acceptors (Lipinski definition) is 1. The van der Waals surface area contributed by atoms with Crippen LogP contribution in [0.2, 0.25) is 0 Å². The molecule has 2 aromatic carbocycles. The van der Waals surface area contributed by atoms with Crippen molar-refractivity contribution in [3.05, 3.63) is 59.7 Å². The van der Waals surface area contributed by atoms with Gasteiger partial charge in [0.2, 0.25) is 0 Å². The van der Waals surface area contributed by atoms with Gasteiger partial charge in [-0.2, -0.15) is 5.26 Å². The first kappa shape index (κ1) is 20.7. The monoisotopic (exact) mass is 373 g/mol. The first-order valence-corrected chi connectivity index (χ1v) is 11.4. The molecule has 3 rings (SSSR count). The summed E-state index contributed by atoms with van der Waals surface area (Å²) in [5, 5.41) is 8.94. The Kier molecular flexibility index (Phi) is 8.16. The molecule has 0 aromatic heterocycles. The second kappa shape index (κ2) is 11.1. The fraction of sp³-hybridized carbons (Fsp3) is 0.519. The zero-order valence-corrected chi connectivity index (χ0v) is 17.5. The molecule has 0 N–H and O–H groups in total. The molecule has 1 nitrogen and oxygen atoms in total. The highest BCUT2D eigenvalue weighted by Crippen LogP contribution is 2.38. The van der Waals surface area contributed by atoms with Gasteiger partial charge >= 0.3 is 0 Å². The van der Waals surface area contributed by atoms with Crippen LogP contribution in [0.4, 0.5) is 0 Å². The van der Waals surface area contributed by atoms with Crippen molar-refractivity contribution in [3.8, 4) is 17.2 Å². The minimum absolute atomic E-state index is 0.720. The number of nitrogens with zero attached hydrogens (tertiary/aromatic N) is 1. The predicted molar refractivity (Wildman–Crippen MR) is 119 cm³/mol. The molecule has 0 aliphatic heterocycles. The van der Waals surface area contributed by atoms with Gasteiger partial charge in [0.15, 0.2) is 0 Å². The van der Waals surface area contributed by atoms with E-state index in [9.17, 15) is 0 Å². The third-order valence-electron chi connectivity index (χ3n) is 6.54. The summed E-state index contributed by atoms with van der Waals surface area (Å²) in [6.07, 6.45) is 15.5. The summed E-state index contributed by atoms with van der Waals surface area (Å²) in [6.45, 7) is 2.29. The van der Waals surface area contributed by atoms with Crippen molar-refractivity contribution >= 4 is 0 Å². The SMILES string of the molecule is CCCCCCCCC1CCC(c2ccc(-c3ccc(C#N)cc3)cc2)CC1. The van der Waals surface area contributed by atoms with Gasteiger partial charge in [-0.05, 0) is 66.3 Å². The van der Waals surface area contributed by atoms with E-state index in [0.717, 1.165) is 17.4 Å². The molecule has 148 valence electrons. The van der Waals surface area contributed by atoms with Crippen molar-refractivity contribution in [2.75, 3.05) is 0 Å². The number of benzene rings is 2. The Hall–Kier alpha value is -2.07. The second-order valence-electron chi connectivity index (χ2n) is 8.59. The Balaban J connectivity index is 1.43. The molecular formula is C27H35N. The van der Waals surface area contributed by atoms with Gasteiger partial charge in [-0.15, -0.1) is 0 Å². The zero-order chi connectivity index (χ0) is 19.6. The van der Waals surface area contributed by atoms with E-state index in [1.165, 1.54) is 87.3 Å². The number of unbranched alkanes of at least 4 members (excludes halogenated alkanes) is 5. The van der Waals surface area contributed by atoms with Crippen LogP contribution >= 0.6 is 0 Å². The zero-order valence-electron chi connectivity index (χ0n) is 17.5. The van der Waals surface area contributed by atoms with E-state index in [1.807, 2.05) is 24.3 Å². The lowest BCUT2D eigenvalue weighted by atomic mass is 9.77. The first-order chi connectivity index (χ1) is 13.8. The molecule has 1 aliphatic carbocycles. The van der Waals surface area contributed by atoms with Crippen molar-refractivity contribution in [2.24, 2.45) is 5.92 Å². The second-order valence-corrected chi connectivity index (χ2v) is 8.59. The topological polar surface area (TPSA) is 23.8 Å². The van der Waals surface area contributed by atoms with E-state index in [0.29, 0.717) is 0 Å². The van der Waals surface area contributed by atoms with Crippen LogP contribution in [0.15, 0.2) is 48.5 Å². The molecule has 1 fully saturated rings. The molecule has 0 bridgehead atoms. The predicted octanol–water partition coefficient (Wildman–Crippen LogP) is 8.25. The Morgan fingerprint density at radius 2 is 1.32 bits per heavy atom. The quantitative estimate of drug-likeness (QED) is 0.406. The lowest BCUT2D eigenvalue weighted by molar-refractivity contribution is 0.302. The van der Waals surface area contributed by atoms with Crippen LogP contribution < -0.4 is 0 Å². The van der Waals surface area contributed by atoms with Crippen LogP contribution in [0.25, 0.3) is 11.1 Å². The Morgan fingerprint density at radius 3 is 1.93 bits per heavy atom. The maximum Gasteiger partial charge on any atom is 0.0991 e. The summed E-state index contributed by atoms with van der Waals surface area (Å²) < 4.78 is 0. The lowest BCUT2D eigenvalue weighted by Crippen LogP contribution is -2.13. The summed E-state index contributed by atoms with van der Waals surface area (Å²) in [4.78, 5) is 0. The lowest BCUT2D eigenvalue weighted by Gasteiger charge is -2.29. The van der Waals surface area contributed by atoms with Crippen molar-refractivity contribution in [3.63, 3.8) is 0 Å². The van der Waals surface area contributed by atoms with Crippen molar-refractivity contribution in [2.45, 2.75) is 83.5 Å². The largest absolute Gasteiger partial charge is 0.192 e. The molecule has 1 saturated carbocycles. The number of nitriles is 1. The average Bonchev–Trinajstić information content (AvgIpc) is 2.77. The van der Waals surface area contributed by atoms with E-state index < -0.39 is 0 Å². The Bertz CT molecular complexity index is 727. The van der Waals surface area contributed by atoms with E-state index in [1.54, 1.807) is 0 Å². The van der Waals surface area contributed by atoms with Crippen molar-refractivity contribution in [1.82, 2.24) is 0 Å². The fourth-order valence-electron chi connectivity index (χ4n) is 4.68. The van der Waals surface area contributed by atoms with Crippen LogP contribution in [0.5, 0.6) is 0 Å². The van der Waals surface area contributed by atoms with Gasteiger partial charge in [0, 0.05) is 0 Å². The minimum atomic E-state index is 0.720. The van der Waals surface area contributed by atoms with Gasteiger partial charge in [-0.25, -0.2) is 0 Å². The molecule has 0 atom stereocenters. The normalized spacial score (nSPS) is 19.3. The molecule has 1 heteroatoms. The molecular weight excluding hydrogens is 338 g/mol. The van der Waals surface area contributed by atoms with Crippen LogP contribution in [-0.2, 0) is 0 Å². The summed E-state index contributed by atoms with van der Waals surface area (Å²) >= 11 is 0. The smallest absolute Gasteiger partial charge is 0.0991 e. The summed E-state index contributed by atoms with van der Waals surface area (Å²) in [7, 11) is 0. The number of rotatable bonds is 9. The molecule has 0 amide bonds. The molecule has 1 aliphatic rings. The third-order valence-corrected chi connectivity index (χ3v) is 6.54. The van der Waals surface area contributed by atoms with Crippen LogP contribution in [-0.4, -0.2) is 0 Å². The van der Waals surface area contributed by atoms with E-state index in [4.69, 9.17) is 5.26 Å². The van der Waals surface area contributed by atoms with Gasteiger partial charge in [-0.3, -0.25) is 0 Å². The molecule has 0 saturated heterocycles. The minimum Gasteiger partial charge on any atom is -0.192 e. The standard InChI is InChI=1S/C27H35N/c1-2-3-4-5-6-7-8-22-9-13-24(14-10-22)26-17-19-27(20-18-26)25-15-11-23(21-28)12-16-25/h11-12,15-20,22,24H,2-10,13-14H2,1H3. The highest BCUT2D eigenvalue weighted by atomic mass is 14.3. The Labute approximate surface area is 171 Å². The van der Waals surface area contributed by atoms with E-state index >= 15 is 0 Å². The number of hydrogen-bond donors (Lipinski definition) is 0. The van der Waals surface area contributed by atoms with Crippen molar-refractivity contribution in [1.29, 1.82) is 5.26 Å². The summed E-state index contributed by atoms with van der Waals surface area (Å²) in [6, 6.07) is 19.2. The maximum atomic E-state index is 8.94. The van der Waals surface area contributed by atoms with Gasteiger partial charge in [0.05, 0.1) is 11.6 Å². The molecule has 0 unspecified atom stereocenters. The average molecular weight is 374 g/mol. The molecule has 0 spiro atoms. The van der Waals surface area contributed by atoms with Gasteiger partial charge in [0.25, 0.3) is 0 Å². The molecule has 2 aromatic rings. The summed E-state index contributed by atoms with van der Waals surface area (Å²) in [5.74, 6) is 1.72. The molecule has 28 heavy (non-hydrogen) atoms. The van der Waals surface area contributed by atoms with E-state index in [-0.39, 0.29) is 0 Å². The van der Waals surface area contributed by atoms with Gasteiger partial charge in [0.1, 0.15) is 0 Å². The van der Waals surface area contributed by atoms with Gasteiger partial charge in [-0.1, -0.05) is 88.3 Å². The van der Waals surface area contributed by atoms with Crippen LogP contribution in [0.1, 0.15) is 94.6 Å². The molecule has 0 heterocycles. The highest BCUT2D eigenvalue weighted by molar-refractivity contribution is 5.64. The molecule has 0 radical (unpaired) electrons.